The lowest BCUT2D eigenvalue weighted by Gasteiger charge is -2.39. The van der Waals surface area contributed by atoms with Crippen LogP contribution in [-0.4, -0.2) is 134 Å². The number of imide groups is 1. The second kappa shape index (κ2) is 21.9. The van der Waals surface area contributed by atoms with Gasteiger partial charge < -0.3 is 37.9 Å². The molecule has 0 N–H and O–H groups in total. The number of likely N-dealkylation sites (N-methyl/N-ethyl adjacent to an activating group) is 1. The van der Waals surface area contributed by atoms with E-state index in [0.29, 0.717) is 35.2 Å². The second-order valence-corrected chi connectivity index (χ2v) is 13.9. The van der Waals surface area contributed by atoms with Gasteiger partial charge in [-0.2, -0.15) is 12.6 Å². The zero-order valence-corrected chi connectivity index (χ0v) is 31.9. The van der Waals surface area contributed by atoms with Crippen LogP contribution in [0.2, 0.25) is 0 Å². The smallest absolute Gasteiger partial charge is 0.253 e. The van der Waals surface area contributed by atoms with Crippen LogP contribution in [0.1, 0.15) is 67.2 Å². The SMILES string of the molecule is CC1CO1.CC1OC1(C)C.CCC1(COC)COC1.CN1C(=O)C=CC1=O.COCC1(C)COC1.COCC1CCC2OC2C1.CS. The Hall–Kier alpha value is -1.09. The highest BCUT2D eigenvalue weighted by atomic mass is 32.1. The summed E-state index contributed by atoms with van der Waals surface area (Å²) in [5.41, 5.74) is 0.906. The summed E-state index contributed by atoms with van der Waals surface area (Å²) in [6.45, 7) is 19.8. The quantitative estimate of drug-likeness (QED) is 0.230. The molecule has 0 aromatic heterocycles. The topological polar surface area (TPSA) is 121 Å². The maximum atomic E-state index is 10.4. The van der Waals surface area contributed by atoms with Crippen LogP contribution < -0.4 is 0 Å². The third kappa shape index (κ3) is 17.4. The molecule has 5 atom stereocenters. The minimum atomic E-state index is -0.241. The lowest BCUT2D eigenvalue weighted by molar-refractivity contribution is -0.144. The van der Waals surface area contributed by atoms with Gasteiger partial charge in [0.25, 0.3) is 11.8 Å². The van der Waals surface area contributed by atoms with E-state index in [1.165, 1.54) is 44.9 Å². The number of fused-ring (bicyclic) bond motifs is 1. The van der Waals surface area contributed by atoms with Crippen LogP contribution in [0.15, 0.2) is 12.2 Å². The van der Waals surface area contributed by atoms with Gasteiger partial charge in [0.05, 0.1) is 76.3 Å². The minimum absolute atomic E-state index is 0.208. The summed E-state index contributed by atoms with van der Waals surface area (Å²) in [5.74, 6) is 0.291. The molecule has 6 aliphatic heterocycles. The summed E-state index contributed by atoms with van der Waals surface area (Å²) in [5, 5.41) is 0. The normalized spacial score (nSPS) is 29.9. The molecule has 6 fully saturated rings. The first-order chi connectivity index (χ1) is 22.2. The molecule has 0 aromatic carbocycles. The molecule has 47 heavy (non-hydrogen) atoms. The fourth-order valence-corrected chi connectivity index (χ4v) is 4.84. The number of methoxy groups -OCH3 is 3. The predicted octanol–water partition coefficient (Wildman–Crippen LogP) is 4.61. The van der Waals surface area contributed by atoms with Gasteiger partial charge in [0.2, 0.25) is 0 Å². The molecule has 2 amide bonds. The molecule has 0 spiro atoms. The van der Waals surface area contributed by atoms with Crippen LogP contribution in [0.3, 0.4) is 0 Å². The molecule has 7 rings (SSSR count). The molecule has 11 nitrogen and oxygen atoms in total. The Morgan fingerprint density at radius 1 is 0.872 bits per heavy atom. The van der Waals surface area contributed by atoms with Gasteiger partial charge >= 0.3 is 0 Å². The molecule has 5 saturated heterocycles. The van der Waals surface area contributed by atoms with E-state index >= 15 is 0 Å². The summed E-state index contributed by atoms with van der Waals surface area (Å²) in [7, 11) is 6.70. The van der Waals surface area contributed by atoms with Gasteiger partial charge in [-0.15, -0.1) is 0 Å². The number of nitrogens with zero attached hydrogens (tertiary/aromatic N) is 1. The van der Waals surface area contributed by atoms with Crippen molar-refractivity contribution in [3.8, 4) is 0 Å². The fraction of sp³-hybridized carbons (Fsp3) is 0.886. The van der Waals surface area contributed by atoms with E-state index in [1.54, 1.807) is 27.6 Å². The zero-order valence-electron chi connectivity index (χ0n) is 31.0. The van der Waals surface area contributed by atoms with Crippen molar-refractivity contribution in [3.63, 3.8) is 0 Å². The lowest BCUT2D eigenvalue weighted by atomic mass is 9.84. The molecule has 12 heteroatoms. The summed E-state index contributed by atoms with van der Waals surface area (Å²) in [6, 6.07) is 0. The van der Waals surface area contributed by atoms with Gasteiger partial charge in [0, 0.05) is 58.0 Å². The molecule has 5 unspecified atom stereocenters. The van der Waals surface area contributed by atoms with E-state index < -0.39 is 0 Å². The van der Waals surface area contributed by atoms with Gasteiger partial charge in [0.15, 0.2) is 0 Å². The average Bonchev–Trinajstić information content (AvgIpc) is 3.97. The van der Waals surface area contributed by atoms with Gasteiger partial charge in [-0.05, 0) is 65.6 Å². The molecule has 7 aliphatic rings. The number of hydrogen-bond donors (Lipinski definition) is 1. The third-order valence-electron chi connectivity index (χ3n) is 8.86. The number of epoxide rings is 3. The van der Waals surface area contributed by atoms with E-state index in [-0.39, 0.29) is 17.4 Å². The van der Waals surface area contributed by atoms with E-state index in [9.17, 15) is 9.59 Å². The first-order valence-corrected chi connectivity index (χ1v) is 17.6. The fourth-order valence-electron chi connectivity index (χ4n) is 4.84. The molecular formula is C35H65NO10S. The van der Waals surface area contributed by atoms with E-state index in [1.807, 2.05) is 0 Å². The van der Waals surface area contributed by atoms with Crippen LogP contribution in [0.4, 0.5) is 0 Å². The summed E-state index contributed by atoms with van der Waals surface area (Å²) < 4.78 is 40.4. The van der Waals surface area contributed by atoms with E-state index in [0.717, 1.165) is 63.7 Å². The molecule has 1 aliphatic carbocycles. The van der Waals surface area contributed by atoms with Crippen molar-refractivity contribution in [2.24, 2.45) is 16.7 Å². The van der Waals surface area contributed by atoms with Gasteiger partial charge in [-0.25, -0.2) is 0 Å². The monoisotopic (exact) mass is 691 g/mol. The number of ether oxygens (including phenoxy) is 8. The number of thiol groups is 1. The van der Waals surface area contributed by atoms with Crippen LogP contribution in [0.25, 0.3) is 0 Å². The van der Waals surface area contributed by atoms with Crippen LogP contribution in [0, 0.1) is 16.7 Å². The largest absolute Gasteiger partial charge is 0.384 e. The zero-order chi connectivity index (χ0) is 35.7. The summed E-state index contributed by atoms with van der Waals surface area (Å²) >= 11 is 3.53. The molecule has 0 radical (unpaired) electrons. The van der Waals surface area contributed by atoms with Crippen LogP contribution >= 0.6 is 12.6 Å². The van der Waals surface area contributed by atoms with Gasteiger partial charge in [0.1, 0.15) is 0 Å². The Morgan fingerprint density at radius 3 is 1.57 bits per heavy atom. The highest BCUT2D eigenvalue weighted by molar-refractivity contribution is 7.79. The Balaban J connectivity index is 0.000000283. The molecular weight excluding hydrogens is 626 g/mol. The third-order valence-corrected chi connectivity index (χ3v) is 8.86. The molecule has 0 bridgehead atoms. The van der Waals surface area contributed by atoms with Crippen molar-refractivity contribution in [1.82, 2.24) is 4.90 Å². The van der Waals surface area contributed by atoms with Gasteiger partial charge in [-0.3, -0.25) is 14.5 Å². The summed E-state index contributed by atoms with van der Waals surface area (Å²) in [6.07, 6.45) is 11.5. The first kappa shape index (κ1) is 43.9. The van der Waals surface area contributed by atoms with Gasteiger partial charge in [-0.1, -0.05) is 13.8 Å². The van der Waals surface area contributed by atoms with Crippen molar-refractivity contribution >= 4 is 24.4 Å². The number of carbonyl (C=O) groups is 2. The standard InChI is InChI=1S/C8H14O2.C7H14O2.C6H12O2.C5H5NO2.C5H10O.C3H6O.CH4S/c1-9-5-6-2-3-7-8(4-6)10-7;1-3-7(4-8-2)5-9-6-7;1-6(3-7-2)4-8-5-6;1-6-4(7)2-3-5(6)8;1-4-5(2,3)6-4;1-3-2-4-3;1-2/h6-8H,2-5H2,1H3;3-6H2,1-2H3;3-5H2,1-2H3;2-3H,1H3;4H,1-3H3;3H,2H2,1H3;2H,1H3. The maximum absolute atomic E-state index is 10.4. The highest BCUT2D eigenvalue weighted by Crippen LogP contribution is 2.39. The number of amides is 2. The Labute approximate surface area is 290 Å². The van der Waals surface area contributed by atoms with Crippen LogP contribution in [-0.2, 0) is 47.5 Å². The van der Waals surface area contributed by atoms with E-state index in [4.69, 9.17) is 37.9 Å². The molecule has 276 valence electrons. The van der Waals surface area contributed by atoms with Crippen molar-refractivity contribution in [2.45, 2.75) is 97.2 Å². The average molecular weight is 692 g/mol. The lowest BCUT2D eigenvalue weighted by Crippen LogP contribution is -2.45. The number of hydrogen-bond acceptors (Lipinski definition) is 11. The van der Waals surface area contributed by atoms with Crippen molar-refractivity contribution in [3.05, 3.63) is 12.2 Å². The van der Waals surface area contributed by atoms with Crippen molar-refractivity contribution < 1.29 is 47.5 Å². The number of carbonyl (C=O) groups excluding carboxylic acids is 2. The number of rotatable bonds is 7. The van der Waals surface area contributed by atoms with Crippen molar-refractivity contribution in [1.29, 1.82) is 0 Å². The molecule has 1 saturated carbocycles. The Bertz CT molecular complexity index is 897. The second-order valence-electron chi connectivity index (χ2n) is 13.9. The first-order valence-electron chi connectivity index (χ1n) is 16.7. The Kier molecular flexibility index (Phi) is 20.5. The van der Waals surface area contributed by atoms with Crippen LogP contribution in [0.5, 0.6) is 0 Å². The molecule has 0 aromatic rings. The van der Waals surface area contributed by atoms with E-state index in [2.05, 4.69) is 54.2 Å². The minimum Gasteiger partial charge on any atom is -0.384 e. The molecule has 6 heterocycles. The highest BCUT2D eigenvalue weighted by Gasteiger charge is 2.44. The predicted molar refractivity (Wildman–Crippen MR) is 186 cm³/mol. The van der Waals surface area contributed by atoms with Crippen molar-refractivity contribution in [2.75, 3.05) is 87.5 Å². The summed E-state index contributed by atoms with van der Waals surface area (Å²) in [4.78, 5) is 21.9. The Morgan fingerprint density at radius 2 is 1.36 bits per heavy atom. The maximum Gasteiger partial charge on any atom is 0.253 e.